The Hall–Kier alpha value is -4.53. The van der Waals surface area contributed by atoms with E-state index in [9.17, 15) is 22.8 Å². The van der Waals surface area contributed by atoms with Crippen LogP contribution in [0.5, 0.6) is 5.75 Å². The summed E-state index contributed by atoms with van der Waals surface area (Å²) in [5, 5.41) is 11.2. The van der Waals surface area contributed by atoms with E-state index in [-0.39, 0.29) is 41.2 Å². The molecule has 1 unspecified atom stereocenters. The molecule has 3 aromatic carbocycles. The van der Waals surface area contributed by atoms with E-state index in [2.05, 4.69) is 20.6 Å². The third-order valence-corrected chi connectivity index (χ3v) is 9.03. The molecular formula is C31H32N6O6S2. The maximum absolute atomic E-state index is 13.5. The number of carbonyl (C=O) groups excluding carboxylic acids is 3. The molecule has 234 valence electrons. The number of amidine groups is 2. The lowest BCUT2D eigenvalue weighted by Crippen LogP contribution is -2.42. The smallest absolute Gasteiger partial charge is 0.259 e. The summed E-state index contributed by atoms with van der Waals surface area (Å²) in [7, 11) is -2.18. The van der Waals surface area contributed by atoms with Gasteiger partial charge in [-0.15, -0.1) is 0 Å². The molecule has 0 fully saturated rings. The number of para-hydroxylation sites is 1. The zero-order chi connectivity index (χ0) is 32.0. The molecule has 12 nitrogen and oxygen atoms in total. The molecule has 1 atom stereocenters. The molecule has 4 N–H and O–H groups in total. The van der Waals surface area contributed by atoms with Crippen molar-refractivity contribution in [2.75, 3.05) is 19.4 Å². The van der Waals surface area contributed by atoms with Crippen LogP contribution in [0.15, 0.2) is 87.7 Å². The second-order valence-electron chi connectivity index (χ2n) is 10.3. The zero-order valence-corrected chi connectivity index (χ0v) is 26.1. The topological polar surface area (TPSA) is 173 Å². The highest BCUT2D eigenvalue weighted by Gasteiger charge is 2.41. The van der Waals surface area contributed by atoms with Crippen LogP contribution in [0.25, 0.3) is 0 Å². The van der Waals surface area contributed by atoms with E-state index in [1.165, 1.54) is 17.0 Å². The Balaban J connectivity index is 1.15. The predicted molar refractivity (Wildman–Crippen MR) is 172 cm³/mol. The predicted octanol–water partition coefficient (Wildman–Crippen LogP) is 2.49. The fourth-order valence-corrected chi connectivity index (χ4v) is 6.11. The van der Waals surface area contributed by atoms with Crippen molar-refractivity contribution in [3.8, 4) is 5.75 Å². The second-order valence-corrected chi connectivity index (χ2v) is 12.8. The van der Waals surface area contributed by atoms with Crippen molar-refractivity contribution in [2.45, 2.75) is 36.7 Å². The normalized spacial score (nSPS) is 15.5. The van der Waals surface area contributed by atoms with Gasteiger partial charge in [-0.2, -0.15) is 0 Å². The average Bonchev–Trinajstić information content (AvgIpc) is 3.38. The summed E-state index contributed by atoms with van der Waals surface area (Å²) in [4.78, 5) is 49.5. The van der Waals surface area contributed by atoms with E-state index >= 15 is 0 Å². The molecule has 2 heterocycles. The van der Waals surface area contributed by atoms with Crippen molar-refractivity contribution >= 4 is 56.2 Å². The molecule has 0 aliphatic carbocycles. The van der Waals surface area contributed by atoms with Crippen molar-refractivity contribution in [1.29, 1.82) is 0 Å². The van der Waals surface area contributed by atoms with Gasteiger partial charge in [-0.1, -0.05) is 48.2 Å². The largest absolute Gasteiger partial charge is 0.497 e. The summed E-state index contributed by atoms with van der Waals surface area (Å²) in [6.45, 7) is 0.692. The highest BCUT2D eigenvalue weighted by Crippen LogP contribution is 2.34. The summed E-state index contributed by atoms with van der Waals surface area (Å²) in [6.07, 6.45) is 0.837. The van der Waals surface area contributed by atoms with Gasteiger partial charge in [0.1, 0.15) is 17.6 Å². The number of ether oxygens (including phenoxy) is 1. The van der Waals surface area contributed by atoms with E-state index in [0.717, 1.165) is 28.6 Å². The molecule has 0 saturated carbocycles. The van der Waals surface area contributed by atoms with Crippen LogP contribution in [0.4, 0.5) is 5.69 Å². The summed E-state index contributed by atoms with van der Waals surface area (Å²) < 4.78 is 28.0. The van der Waals surface area contributed by atoms with E-state index in [1.54, 1.807) is 19.2 Å². The van der Waals surface area contributed by atoms with Gasteiger partial charge in [0.25, 0.3) is 5.91 Å². The van der Waals surface area contributed by atoms with Gasteiger partial charge in [0, 0.05) is 25.1 Å². The Morgan fingerprint density at radius 2 is 1.69 bits per heavy atom. The van der Waals surface area contributed by atoms with E-state index in [0.29, 0.717) is 41.8 Å². The van der Waals surface area contributed by atoms with Crippen molar-refractivity contribution < 1.29 is 27.5 Å². The molecule has 3 aromatic rings. The van der Waals surface area contributed by atoms with Gasteiger partial charge >= 0.3 is 0 Å². The monoisotopic (exact) mass is 648 g/mol. The Kier molecular flexibility index (Phi) is 9.96. The molecule has 0 aromatic heterocycles. The fourth-order valence-electron chi connectivity index (χ4n) is 4.76. The van der Waals surface area contributed by atoms with Crippen LogP contribution in [-0.4, -0.2) is 67.5 Å². The van der Waals surface area contributed by atoms with E-state index in [1.807, 2.05) is 48.5 Å². The number of rotatable bonds is 12. The number of nitrogens with two attached hydrogens (primary N) is 1. The number of aliphatic imine (C=N–C) groups is 2. The summed E-state index contributed by atoms with van der Waals surface area (Å²) in [5.74, 6) is 0.469. The van der Waals surface area contributed by atoms with Crippen molar-refractivity contribution in [3.05, 3.63) is 89.5 Å². The number of thioether (sulfide) groups is 1. The zero-order valence-electron chi connectivity index (χ0n) is 24.4. The molecule has 0 spiro atoms. The Labute approximate surface area is 265 Å². The third kappa shape index (κ3) is 7.95. The number of hydrogen-bond acceptors (Lipinski definition) is 9. The third-order valence-electron chi connectivity index (χ3n) is 7.16. The number of nitrogens with zero attached hydrogens (tertiary/aromatic N) is 3. The maximum Gasteiger partial charge on any atom is 0.259 e. The number of hydrogen-bond donors (Lipinski definition) is 3. The molecule has 0 bridgehead atoms. The first kappa shape index (κ1) is 31.9. The van der Waals surface area contributed by atoms with Gasteiger partial charge in [-0.25, -0.2) is 23.4 Å². The van der Waals surface area contributed by atoms with Gasteiger partial charge in [0.2, 0.25) is 21.8 Å². The summed E-state index contributed by atoms with van der Waals surface area (Å²) in [5.41, 5.74) is 3.12. The van der Waals surface area contributed by atoms with Crippen LogP contribution in [0.3, 0.4) is 0 Å². The summed E-state index contributed by atoms with van der Waals surface area (Å²) in [6, 6.07) is 20.1. The molecular weight excluding hydrogens is 617 g/mol. The highest BCUT2D eigenvalue weighted by molar-refractivity contribution is 8.14. The van der Waals surface area contributed by atoms with Gasteiger partial charge < -0.3 is 15.4 Å². The number of amides is 3. The first-order chi connectivity index (χ1) is 21.6. The van der Waals surface area contributed by atoms with Crippen LogP contribution in [-0.2, 0) is 37.4 Å². The number of sulfonamides is 1. The van der Waals surface area contributed by atoms with Crippen LogP contribution in [0.1, 0.15) is 29.5 Å². The molecule has 2 aliphatic rings. The number of carbonyl (C=O) groups is 3. The van der Waals surface area contributed by atoms with Gasteiger partial charge in [-0.05, 0) is 60.4 Å². The Bertz CT molecular complexity index is 1760. The van der Waals surface area contributed by atoms with Gasteiger partial charge in [0.05, 0.1) is 23.4 Å². The molecule has 5 rings (SSSR count). The SMILES string of the molecule is COc1ccc(CNC(=O)CCC2N=C3c4ccccc4N=C(SCC(=O)NCCc4ccc(S(N)(=O)=O)cc4)N3C2=O)cc1. The minimum Gasteiger partial charge on any atom is -0.497 e. The minimum atomic E-state index is -3.77. The van der Waals surface area contributed by atoms with Crippen LogP contribution in [0, 0.1) is 0 Å². The number of fused-ring (bicyclic) bond motifs is 3. The van der Waals surface area contributed by atoms with Gasteiger partial charge in [0.15, 0.2) is 5.17 Å². The number of methoxy groups -OCH3 is 1. The lowest BCUT2D eigenvalue weighted by molar-refractivity contribution is -0.125. The molecule has 0 radical (unpaired) electrons. The fraction of sp³-hybridized carbons (Fsp3) is 0.258. The maximum atomic E-state index is 13.5. The van der Waals surface area contributed by atoms with Crippen molar-refractivity contribution in [2.24, 2.45) is 15.1 Å². The van der Waals surface area contributed by atoms with E-state index < -0.39 is 16.1 Å². The van der Waals surface area contributed by atoms with Crippen molar-refractivity contribution in [3.63, 3.8) is 0 Å². The Morgan fingerprint density at radius 1 is 0.978 bits per heavy atom. The summed E-state index contributed by atoms with van der Waals surface area (Å²) >= 11 is 1.13. The number of primary sulfonamides is 1. The molecule has 3 amide bonds. The number of nitrogens with one attached hydrogen (secondary N) is 2. The lowest BCUT2D eigenvalue weighted by Gasteiger charge is -2.25. The van der Waals surface area contributed by atoms with Crippen LogP contribution >= 0.6 is 11.8 Å². The van der Waals surface area contributed by atoms with Crippen LogP contribution in [0.2, 0.25) is 0 Å². The highest BCUT2D eigenvalue weighted by atomic mass is 32.2. The van der Waals surface area contributed by atoms with E-state index in [4.69, 9.17) is 9.88 Å². The quantitative estimate of drug-likeness (QED) is 0.271. The first-order valence-corrected chi connectivity index (χ1v) is 16.7. The van der Waals surface area contributed by atoms with Crippen molar-refractivity contribution in [1.82, 2.24) is 15.5 Å². The minimum absolute atomic E-state index is 0.0147. The second kappa shape index (κ2) is 14.1. The molecule has 45 heavy (non-hydrogen) atoms. The standard InChI is InChI=1S/C31H32N6O6S2/c1-43-22-10-6-21(7-11-22)18-34-27(38)15-14-26-30(40)37-29(35-26)24-4-2-3-5-25(24)36-31(37)44-19-28(39)33-17-16-20-8-12-23(13-9-20)45(32,41)42/h2-13,26H,14-19H2,1H3,(H,33,39)(H,34,38)(H2,32,41,42). The molecule has 0 saturated heterocycles. The average molecular weight is 649 g/mol. The van der Waals surface area contributed by atoms with Gasteiger partial charge in [-0.3, -0.25) is 19.4 Å². The number of benzene rings is 3. The Morgan fingerprint density at radius 3 is 2.40 bits per heavy atom. The first-order valence-electron chi connectivity index (χ1n) is 14.1. The molecule has 2 aliphatic heterocycles. The van der Waals surface area contributed by atoms with Crippen LogP contribution < -0.4 is 20.5 Å². The molecule has 14 heteroatoms. The lowest BCUT2D eigenvalue weighted by atomic mass is 10.1.